The van der Waals surface area contributed by atoms with Crippen molar-refractivity contribution >= 4 is 12.0 Å². The van der Waals surface area contributed by atoms with Crippen LogP contribution in [-0.2, 0) is 10.2 Å². The minimum Gasteiger partial charge on any atom is -0.493 e. The first-order valence-corrected chi connectivity index (χ1v) is 12.7. The van der Waals surface area contributed by atoms with E-state index in [4.69, 9.17) is 24.7 Å². The van der Waals surface area contributed by atoms with Crippen LogP contribution in [0.1, 0.15) is 55.9 Å². The lowest BCUT2D eigenvalue weighted by atomic mass is 9.83. The predicted octanol–water partition coefficient (Wildman–Crippen LogP) is 6.23. The van der Waals surface area contributed by atoms with Crippen molar-refractivity contribution in [2.24, 2.45) is 5.73 Å². The fourth-order valence-electron chi connectivity index (χ4n) is 4.39. The molecule has 1 unspecified atom stereocenters. The Kier molecular flexibility index (Phi) is 7.96. The summed E-state index contributed by atoms with van der Waals surface area (Å²) in [5, 5.41) is 9.86. The monoisotopic (exact) mass is 524 g/mol. The van der Waals surface area contributed by atoms with Crippen LogP contribution in [0.15, 0.2) is 78.2 Å². The smallest absolute Gasteiger partial charge is 0.336 e. The highest BCUT2D eigenvalue weighted by Crippen LogP contribution is 2.45. The Morgan fingerprint density at radius 1 is 1.08 bits per heavy atom. The second kappa shape index (κ2) is 11.4. The number of nitrogens with zero attached hydrogens (tertiary/aromatic N) is 1. The van der Waals surface area contributed by atoms with Gasteiger partial charge >= 0.3 is 5.97 Å². The maximum Gasteiger partial charge on any atom is 0.336 e. The third-order valence-corrected chi connectivity index (χ3v) is 6.42. The average molecular weight is 525 g/mol. The summed E-state index contributed by atoms with van der Waals surface area (Å²) in [5.41, 5.74) is 10.1. The average Bonchev–Trinajstić information content (AvgIpc) is 2.91. The molecule has 0 aliphatic carbocycles. The number of rotatable bonds is 7. The predicted molar refractivity (Wildman–Crippen MR) is 150 cm³/mol. The largest absolute Gasteiger partial charge is 0.493 e. The van der Waals surface area contributed by atoms with Gasteiger partial charge in [-0.3, -0.25) is 0 Å². The second-order valence-corrected chi connectivity index (χ2v) is 10.1. The Hall–Kier alpha value is -4.70. The lowest BCUT2D eigenvalue weighted by molar-refractivity contribution is -0.128. The number of benzene rings is 3. The molecular formula is C32H32N2O5. The Morgan fingerprint density at radius 2 is 1.82 bits per heavy atom. The van der Waals surface area contributed by atoms with E-state index in [0.717, 1.165) is 11.1 Å². The molecular weight excluding hydrogens is 492 g/mol. The summed E-state index contributed by atoms with van der Waals surface area (Å²) in [7, 11) is 1.56. The number of fused-ring (bicyclic) bond motifs is 1. The van der Waals surface area contributed by atoms with Crippen LogP contribution in [0.4, 0.5) is 0 Å². The molecule has 0 radical (unpaired) electrons. The lowest BCUT2D eigenvalue weighted by Gasteiger charge is -2.27. The molecule has 7 heteroatoms. The Morgan fingerprint density at radius 3 is 2.46 bits per heavy atom. The van der Waals surface area contributed by atoms with Crippen molar-refractivity contribution in [1.82, 2.24) is 0 Å². The lowest BCUT2D eigenvalue weighted by Crippen LogP contribution is -2.21. The topological polar surface area (TPSA) is 104 Å². The van der Waals surface area contributed by atoms with Crippen molar-refractivity contribution in [1.29, 1.82) is 5.26 Å². The molecule has 0 amide bonds. The summed E-state index contributed by atoms with van der Waals surface area (Å²) in [6.45, 7) is 8.84. The third kappa shape index (κ3) is 6.07. The molecule has 0 saturated carbocycles. The van der Waals surface area contributed by atoms with E-state index in [0.29, 0.717) is 35.2 Å². The van der Waals surface area contributed by atoms with E-state index in [2.05, 4.69) is 39.0 Å². The Bertz CT molecular complexity index is 1470. The van der Waals surface area contributed by atoms with E-state index < -0.39 is 11.9 Å². The number of hydrogen-bond acceptors (Lipinski definition) is 7. The molecule has 0 saturated heterocycles. The first kappa shape index (κ1) is 27.3. The fraction of sp³-hybridized carbons (Fsp3) is 0.250. The van der Waals surface area contributed by atoms with Gasteiger partial charge in [-0.15, -0.1) is 0 Å². The first-order valence-electron chi connectivity index (χ1n) is 12.7. The van der Waals surface area contributed by atoms with Crippen LogP contribution >= 0.6 is 0 Å². The molecule has 3 aromatic rings. The highest BCUT2D eigenvalue weighted by atomic mass is 16.5. The zero-order valence-electron chi connectivity index (χ0n) is 22.8. The summed E-state index contributed by atoms with van der Waals surface area (Å²) in [6.07, 6.45) is 3.09. The van der Waals surface area contributed by atoms with E-state index in [1.54, 1.807) is 37.5 Å². The summed E-state index contributed by atoms with van der Waals surface area (Å²) in [6, 6.07) is 20.7. The molecule has 0 aromatic heterocycles. The Labute approximate surface area is 229 Å². The molecule has 1 heterocycles. The molecule has 0 bridgehead atoms. The zero-order chi connectivity index (χ0) is 28.2. The van der Waals surface area contributed by atoms with Gasteiger partial charge in [0.1, 0.15) is 23.1 Å². The summed E-state index contributed by atoms with van der Waals surface area (Å²) in [4.78, 5) is 12.5. The van der Waals surface area contributed by atoms with E-state index in [-0.39, 0.29) is 16.9 Å². The molecule has 2 N–H and O–H groups in total. The Balaban J connectivity index is 1.57. The van der Waals surface area contributed by atoms with Gasteiger partial charge in [0.25, 0.3) is 0 Å². The number of methoxy groups -OCH3 is 1. The van der Waals surface area contributed by atoms with E-state index in [1.165, 1.54) is 11.6 Å². The molecule has 3 aromatic carbocycles. The molecule has 1 aliphatic rings. The van der Waals surface area contributed by atoms with Crippen LogP contribution in [0.2, 0.25) is 0 Å². The molecule has 1 atom stereocenters. The van der Waals surface area contributed by atoms with E-state index >= 15 is 0 Å². The van der Waals surface area contributed by atoms with Crippen LogP contribution in [0.5, 0.6) is 23.0 Å². The van der Waals surface area contributed by atoms with Crippen molar-refractivity contribution < 1.29 is 23.7 Å². The van der Waals surface area contributed by atoms with Crippen LogP contribution in [-0.4, -0.2) is 19.7 Å². The van der Waals surface area contributed by atoms with Crippen LogP contribution < -0.4 is 24.7 Å². The van der Waals surface area contributed by atoms with Crippen LogP contribution in [0, 0.1) is 11.3 Å². The molecule has 4 rings (SSSR count). The van der Waals surface area contributed by atoms with Gasteiger partial charge in [-0.1, -0.05) is 57.2 Å². The minimum absolute atomic E-state index is 0.00933. The number of ether oxygens (including phenoxy) is 4. The quantitative estimate of drug-likeness (QED) is 0.222. The number of carbonyl (C=O) groups is 1. The molecule has 200 valence electrons. The van der Waals surface area contributed by atoms with Gasteiger partial charge in [0.15, 0.2) is 11.5 Å². The van der Waals surface area contributed by atoms with Gasteiger partial charge in [0.05, 0.1) is 19.6 Å². The van der Waals surface area contributed by atoms with Crippen molar-refractivity contribution in [2.45, 2.75) is 39.0 Å². The number of carbonyl (C=O) groups excluding carboxylic acids is 1. The van der Waals surface area contributed by atoms with Crippen molar-refractivity contribution in [3.05, 3.63) is 100 Å². The number of hydrogen-bond donors (Lipinski definition) is 1. The second-order valence-electron chi connectivity index (χ2n) is 10.1. The van der Waals surface area contributed by atoms with Crippen molar-refractivity contribution in [3.8, 4) is 29.1 Å². The molecule has 0 fully saturated rings. The SMILES string of the molecule is CCOc1ccc(C2C(C#N)=C(N)Oc3cc(OC(=O)/C=C/c4ccc(C(C)(C)C)cc4)ccc32)cc1OC. The van der Waals surface area contributed by atoms with Crippen molar-refractivity contribution in [3.63, 3.8) is 0 Å². The zero-order valence-corrected chi connectivity index (χ0v) is 22.8. The normalized spacial score (nSPS) is 14.8. The maximum atomic E-state index is 12.5. The number of nitriles is 1. The third-order valence-electron chi connectivity index (χ3n) is 6.42. The van der Waals surface area contributed by atoms with Crippen LogP contribution in [0.25, 0.3) is 6.08 Å². The van der Waals surface area contributed by atoms with Crippen molar-refractivity contribution in [2.75, 3.05) is 13.7 Å². The number of allylic oxidation sites excluding steroid dienone is 1. The van der Waals surface area contributed by atoms with Gasteiger partial charge in [-0.2, -0.15) is 5.26 Å². The van der Waals surface area contributed by atoms with E-state index in [1.807, 2.05) is 31.2 Å². The fourth-order valence-corrected chi connectivity index (χ4v) is 4.39. The summed E-state index contributed by atoms with van der Waals surface area (Å²) >= 11 is 0. The summed E-state index contributed by atoms with van der Waals surface area (Å²) < 4.78 is 22.4. The van der Waals surface area contributed by atoms with Gasteiger partial charge in [-0.25, -0.2) is 4.79 Å². The number of esters is 1. The van der Waals surface area contributed by atoms with E-state index in [9.17, 15) is 10.1 Å². The summed E-state index contributed by atoms with van der Waals surface area (Å²) in [5.74, 6) is 0.809. The van der Waals surface area contributed by atoms with Crippen LogP contribution in [0.3, 0.4) is 0 Å². The van der Waals surface area contributed by atoms with Gasteiger partial charge in [0.2, 0.25) is 5.88 Å². The standard InChI is InChI=1S/C32H32N2O5/c1-6-37-26-15-10-21(17-28(26)36-5)30-24-14-13-23(18-27(24)39-31(34)25(30)19-33)38-29(35)16-9-20-7-11-22(12-8-20)32(2,3)4/h7-18,30H,6,34H2,1-5H3/b16-9+. The molecule has 1 aliphatic heterocycles. The highest BCUT2D eigenvalue weighted by Gasteiger charge is 2.31. The highest BCUT2D eigenvalue weighted by molar-refractivity contribution is 5.88. The molecule has 7 nitrogen and oxygen atoms in total. The van der Waals surface area contributed by atoms with Gasteiger partial charge in [-0.05, 0) is 53.3 Å². The maximum absolute atomic E-state index is 12.5. The van der Waals surface area contributed by atoms with Gasteiger partial charge < -0.3 is 24.7 Å². The first-order chi connectivity index (χ1) is 18.6. The number of nitrogens with two attached hydrogens (primary N) is 1. The van der Waals surface area contributed by atoms with Gasteiger partial charge in [0, 0.05) is 17.7 Å². The minimum atomic E-state index is -0.528. The molecule has 39 heavy (non-hydrogen) atoms. The molecule has 0 spiro atoms.